The summed E-state index contributed by atoms with van der Waals surface area (Å²) in [4.78, 5) is 9.37. The molecule has 5 nitrogen and oxygen atoms in total. The summed E-state index contributed by atoms with van der Waals surface area (Å²) in [6.07, 6.45) is 3.45. The molecule has 6 heteroatoms. The molecule has 7 rings (SSSR count). The van der Waals surface area contributed by atoms with E-state index in [0.29, 0.717) is 5.82 Å². The molecule has 0 N–H and O–H groups in total. The zero-order valence-electron chi connectivity index (χ0n) is 20.8. The fraction of sp³-hybridized carbons (Fsp3) is 0. The summed E-state index contributed by atoms with van der Waals surface area (Å²) in [7, 11) is 0. The Morgan fingerprint density at radius 2 is 1.26 bits per heavy atom. The SMILES string of the molecule is [Ir].[c-]1cc2c(cc1-c1ncnn1-c1c(-c3ccccc3)cccc1-c1ccccc1)ncn2-c1ccccc1. The van der Waals surface area contributed by atoms with E-state index in [9.17, 15) is 0 Å². The molecule has 0 aliphatic carbocycles. The summed E-state index contributed by atoms with van der Waals surface area (Å²) in [6.45, 7) is 0. The first-order valence-corrected chi connectivity index (χ1v) is 12.5. The number of imidazole rings is 1. The number of benzene rings is 5. The Bertz CT molecular complexity index is 1800. The van der Waals surface area contributed by atoms with Gasteiger partial charge in [0.15, 0.2) is 0 Å². The van der Waals surface area contributed by atoms with Crippen LogP contribution in [0.5, 0.6) is 0 Å². The second-order valence-corrected chi connectivity index (χ2v) is 9.00. The van der Waals surface area contributed by atoms with E-state index >= 15 is 0 Å². The number of nitrogens with zero attached hydrogens (tertiary/aromatic N) is 5. The summed E-state index contributed by atoms with van der Waals surface area (Å²) in [6, 6.07) is 44.8. The predicted octanol–water partition coefficient (Wildman–Crippen LogP) is 7.40. The first-order valence-electron chi connectivity index (χ1n) is 12.5. The van der Waals surface area contributed by atoms with Gasteiger partial charge in [-0.1, -0.05) is 97.1 Å². The van der Waals surface area contributed by atoms with Gasteiger partial charge in [0.25, 0.3) is 0 Å². The quantitative estimate of drug-likeness (QED) is 0.178. The molecule has 0 amide bonds. The van der Waals surface area contributed by atoms with Crippen molar-refractivity contribution in [2.24, 2.45) is 0 Å². The third-order valence-corrected chi connectivity index (χ3v) is 6.72. The summed E-state index contributed by atoms with van der Waals surface area (Å²) < 4.78 is 4.00. The van der Waals surface area contributed by atoms with Crippen molar-refractivity contribution in [1.82, 2.24) is 24.3 Å². The van der Waals surface area contributed by atoms with Crippen molar-refractivity contribution in [3.63, 3.8) is 0 Å². The average molecular weight is 681 g/mol. The Morgan fingerprint density at radius 1 is 0.641 bits per heavy atom. The molecule has 2 heterocycles. The molecular formula is C33H22IrN5-. The molecule has 189 valence electrons. The largest absolute Gasteiger partial charge is 0.340 e. The number of aromatic nitrogens is 5. The van der Waals surface area contributed by atoms with E-state index in [4.69, 9.17) is 10.1 Å². The van der Waals surface area contributed by atoms with Crippen molar-refractivity contribution in [3.8, 4) is 45.0 Å². The minimum atomic E-state index is 0. The smallest absolute Gasteiger partial charge is 0.127 e. The second-order valence-electron chi connectivity index (χ2n) is 9.00. The van der Waals surface area contributed by atoms with E-state index in [0.717, 1.165) is 50.2 Å². The van der Waals surface area contributed by atoms with Gasteiger partial charge in [-0.05, 0) is 28.8 Å². The van der Waals surface area contributed by atoms with Crippen LogP contribution in [-0.2, 0) is 20.1 Å². The molecule has 1 radical (unpaired) electrons. The van der Waals surface area contributed by atoms with Crippen molar-refractivity contribution in [2.75, 3.05) is 0 Å². The van der Waals surface area contributed by atoms with Crippen LogP contribution in [0.2, 0.25) is 0 Å². The molecule has 39 heavy (non-hydrogen) atoms. The Balaban J connectivity index is 0.00000277. The molecule has 7 aromatic rings. The van der Waals surface area contributed by atoms with Crippen molar-refractivity contribution < 1.29 is 20.1 Å². The van der Waals surface area contributed by atoms with Crippen LogP contribution in [0.4, 0.5) is 0 Å². The fourth-order valence-electron chi connectivity index (χ4n) is 4.94. The molecule has 0 aliphatic heterocycles. The third kappa shape index (κ3) is 4.50. The zero-order chi connectivity index (χ0) is 25.3. The molecule has 0 atom stereocenters. The van der Waals surface area contributed by atoms with Crippen LogP contribution in [-0.4, -0.2) is 24.3 Å². The molecule has 0 aliphatic rings. The number of fused-ring (bicyclic) bond motifs is 1. The van der Waals surface area contributed by atoms with Crippen molar-refractivity contribution >= 4 is 11.0 Å². The molecule has 0 bridgehead atoms. The summed E-state index contributed by atoms with van der Waals surface area (Å²) in [5.41, 5.74) is 9.10. The monoisotopic (exact) mass is 681 g/mol. The maximum Gasteiger partial charge on any atom is 0.127 e. The number of rotatable bonds is 5. The van der Waals surface area contributed by atoms with Crippen LogP contribution in [0.3, 0.4) is 0 Å². The summed E-state index contributed by atoms with van der Waals surface area (Å²) in [5, 5.41) is 4.73. The van der Waals surface area contributed by atoms with E-state index in [1.807, 2.05) is 53.5 Å². The molecule has 0 fully saturated rings. The van der Waals surface area contributed by atoms with E-state index in [1.165, 1.54) is 0 Å². The van der Waals surface area contributed by atoms with Gasteiger partial charge in [-0.15, -0.1) is 23.8 Å². The predicted molar refractivity (Wildman–Crippen MR) is 151 cm³/mol. The van der Waals surface area contributed by atoms with Gasteiger partial charge in [-0.3, -0.25) is 14.6 Å². The number of para-hydroxylation sites is 2. The Hall–Kier alpha value is -4.64. The fourth-order valence-corrected chi connectivity index (χ4v) is 4.94. The maximum absolute atomic E-state index is 4.73. The van der Waals surface area contributed by atoms with Crippen LogP contribution in [0.1, 0.15) is 0 Å². The van der Waals surface area contributed by atoms with Gasteiger partial charge < -0.3 is 4.57 Å². The first kappa shape index (κ1) is 24.7. The van der Waals surface area contributed by atoms with Crippen LogP contribution in [0.15, 0.2) is 134 Å². The van der Waals surface area contributed by atoms with E-state index < -0.39 is 0 Å². The Labute approximate surface area is 239 Å². The normalized spacial score (nSPS) is 10.9. The van der Waals surface area contributed by atoms with Gasteiger partial charge in [0, 0.05) is 42.4 Å². The van der Waals surface area contributed by atoms with Gasteiger partial charge in [0.2, 0.25) is 0 Å². The molecule has 2 aromatic heterocycles. The molecule has 0 unspecified atom stereocenters. The maximum atomic E-state index is 4.73. The topological polar surface area (TPSA) is 48.5 Å². The number of hydrogen-bond donors (Lipinski definition) is 0. The van der Waals surface area contributed by atoms with Gasteiger partial charge in [0.05, 0.1) is 17.8 Å². The van der Waals surface area contributed by atoms with Crippen LogP contribution >= 0.6 is 0 Å². The van der Waals surface area contributed by atoms with Crippen LogP contribution in [0, 0.1) is 6.07 Å². The number of hydrogen-bond acceptors (Lipinski definition) is 3. The Morgan fingerprint density at radius 3 is 1.90 bits per heavy atom. The minimum Gasteiger partial charge on any atom is -0.340 e. The summed E-state index contributed by atoms with van der Waals surface area (Å²) in [5.74, 6) is 0.710. The van der Waals surface area contributed by atoms with E-state index in [2.05, 4.69) is 94.5 Å². The third-order valence-electron chi connectivity index (χ3n) is 6.72. The van der Waals surface area contributed by atoms with Gasteiger partial charge >= 0.3 is 0 Å². The van der Waals surface area contributed by atoms with Crippen LogP contribution in [0.25, 0.3) is 56.0 Å². The van der Waals surface area contributed by atoms with Gasteiger partial charge in [0.1, 0.15) is 6.33 Å². The van der Waals surface area contributed by atoms with Crippen molar-refractivity contribution in [1.29, 1.82) is 0 Å². The summed E-state index contributed by atoms with van der Waals surface area (Å²) >= 11 is 0. The molecule has 0 saturated carbocycles. The van der Waals surface area contributed by atoms with Gasteiger partial charge in [-0.25, -0.2) is 0 Å². The minimum absolute atomic E-state index is 0. The van der Waals surface area contributed by atoms with Crippen molar-refractivity contribution in [3.05, 3.63) is 140 Å². The van der Waals surface area contributed by atoms with E-state index in [-0.39, 0.29) is 20.1 Å². The second kappa shape index (κ2) is 10.6. The first-order chi connectivity index (χ1) is 18.9. The molecule has 5 aromatic carbocycles. The average Bonchev–Trinajstić information content (AvgIpc) is 3.65. The standard InChI is InChI=1S/C33H22N5.Ir/c1-4-11-24(12-5-1)28-17-10-18-29(25-13-6-2-7-14-25)32(28)38-33(34-22-36-38)26-19-20-31-30(21-26)35-23-37(31)27-15-8-3-9-16-27;/h1-18,20-23H;/q-1;. The van der Waals surface area contributed by atoms with E-state index in [1.54, 1.807) is 6.33 Å². The molecule has 0 spiro atoms. The Kier molecular flexibility index (Phi) is 6.72. The van der Waals surface area contributed by atoms with Gasteiger partial charge in [-0.2, -0.15) is 5.10 Å². The molecular weight excluding hydrogens is 659 g/mol. The molecule has 0 saturated heterocycles. The van der Waals surface area contributed by atoms with Crippen LogP contribution < -0.4 is 0 Å². The van der Waals surface area contributed by atoms with Crippen molar-refractivity contribution in [2.45, 2.75) is 0 Å². The zero-order valence-corrected chi connectivity index (χ0v) is 23.2.